The average molecular weight is 485 g/mol. The van der Waals surface area contributed by atoms with Crippen molar-refractivity contribution in [2.45, 2.75) is 62.7 Å². The predicted molar refractivity (Wildman–Crippen MR) is 135 cm³/mol. The van der Waals surface area contributed by atoms with Gasteiger partial charge in [0.15, 0.2) is 5.17 Å². The normalized spacial score (nSPS) is 31.1. The first-order valence-electron chi connectivity index (χ1n) is 12.7. The highest BCUT2D eigenvalue weighted by Gasteiger charge is 2.46. The van der Waals surface area contributed by atoms with E-state index >= 15 is 0 Å². The second kappa shape index (κ2) is 9.90. The van der Waals surface area contributed by atoms with Gasteiger partial charge >= 0.3 is 0 Å². The van der Waals surface area contributed by atoms with Crippen LogP contribution in [0.2, 0.25) is 0 Å². The van der Waals surface area contributed by atoms with E-state index in [0.717, 1.165) is 36.3 Å². The van der Waals surface area contributed by atoms with Crippen LogP contribution in [0.3, 0.4) is 0 Å². The Bertz CT molecular complexity index is 961. The molecule has 3 N–H and O–H groups in total. The van der Waals surface area contributed by atoms with Crippen molar-refractivity contribution in [2.24, 2.45) is 28.5 Å². The third-order valence-corrected chi connectivity index (χ3v) is 9.27. The predicted octanol–water partition coefficient (Wildman–Crippen LogP) is 3.43. The number of fused-ring (bicyclic) bond motifs is 2. The lowest BCUT2D eigenvalue weighted by Gasteiger charge is -2.35. The fourth-order valence-corrected chi connectivity index (χ4v) is 7.45. The van der Waals surface area contributed by atoms with Crippen LogP contribution in [0.1, 0.15) is 62.2 Å². The molecule has 1 saturated heterocycles. The number of hydrogen-bond acceptors (Lipinski definition) is 6. The van der Waals surface area contributed by atoms with Crippen molar-refractivity contribution in [1.29, 1.82) is 0 Å². The van der Waals surface area contributed by atoms with Gasteiger partial charge in [0.2, 0.25) is 0 Å². The second-order valence-corrected chi connectivity index (χ2v) is 12.1. The molecule has 8 heteroatoms. The zero-order chi connectivity index (χ0) is 23.7. The lowest BCUT2D eigenvalue weighted by atomic mass is 9.87. The SMILES string of the molecule is CC1(CC2CCN(C(=O)c3cccc(OCCN)c3)CC2)SC(N[C@H]2CC3CCC2C3)=NC1=O. The van der Waals surface area contributed by atoms with Crippen molar-refractivity contribution in [1.82, 2.24) is 10.2 Å². The number of thioether (sulfide) groups is 1. The Balaban J connectivity index is 1.11. The maximum absolute atomic E-state index is 13.0. The van der Waals surface area contributed by atoms with Crippen LogP contribution in [0, 0.1) is 17.8 Å². The Labute approximate surface area is 206 Å². The first kappa shape index (κ1) is 23.7. The highest BCUT2D eigenvalue weighted by molar-refractivity contribution is 8.16. The van der Waals surface area contributed by atoms with Gasteiger partial charge in [-0.15, -0.1) is 0 Å². The topological polar surface area (TPSA) is 97.0 Å². The van der Waals surface area contributed by atoms with Crippen LogP contribution < -0.4 is 15.8 Å². The summed E-state index contributed by atoms with van der Waals surface area (Å²) in [4.78, 5) is 32.2. The largest absolute Gasteiger partial charge is 0.492 e. The zero-order valence-electron chi connectivity index (χ0n) is 20.0. The fraction of sp³-hybridized carbons (Fsp3) is 0.654. The molecule has 2 aliphatic heterocycles. The number of aliphatic imine (C=N–C) groups is 1. The molecule has 1 aromatic carbocycles. The smallest absolute Gasteiger partial charge is 0.264 e. The summed E-state index contributed by atoms with van der Waals surface area (Å²) < 4.78 is 5.07. The number of rotatable bonds is 7. The number of amides is 2. The van der Waals surface area contributed by atoms with E-state index in [9.17, 15) is 9.59 Å². The Morgan fingerprint density at radius 1 is 1.26 bits per heavy atom. The minimum atomic E-state index is -0.495. The molecule has 4 atom stereocenters. The van der Waals surface area contributed by atoms with E-state index in [4.69, 9.17) is 10.5 Å². The number of amidine groups is 1. The van der Waals surface area contributed by atoms with Gasteiger partial charge in [-0.25, -0.2) is 0 Å². The van der Waals surface area contributed by atoms with E-state index < -0.39 is 4.75 Å². The highest BCUT2D eigenvalue weighted by atomic mass is 32.2. The molecular weight excluding hydrogens is 448 g/mol. The molecule has 0 spiro atoms. The van der Waals surface area contributed by atoms with E-state index in [1.165, 1.54) is 25.7 Å². The minimum Gasteiger partial charge on any atom is -0.492 e. The standard InChI is InChI=1S/C26H36N4O3S/c1-26(24(32)29-25(34-26)28-22-14-18-5-6-19(22)13-18)16-17-7-10-30(11-8-17)23(31)20-3-2-4-21(15-20)33-12-9-27/h2-4,15,17-19,22H,5-14,16,27H2,1H3,(H,28,29,32)/t18?,19?,22-,26?/m0/s1. The first-order chi connectivity index (χ1) is 16.4. The minimum absolute atomic E-state index is 0.00374. The number of carbonyl (C=O) groups is 2. The number of nitrogens with two attached hydrogens (primary N) is 1. The van der Waals surface area contributed by atoms with Crippen LogP contribution in [-0.4, -0.2) is 58.9 Å². The molecule has 184 valence electrons. The molecule has 0 aromatic heterocycles. The number of carbonyl (C=O) groups excluding carboxylic acids is 2. The number of hydrogen-bond donors (Lipinski definition) is 2. The summed E-state index contributed by atoms with van der Waals surface area (Å²) >= 11 is 1.63. The molecule has 7 nitrogen and oxygen atoms in total. The number of likely N-dealkylation sites (tertiary alicyclic amines) is 1. The van der Waals surface area contributed by atoms with Gasteiger partial charge in [0, 0.05) is 31.2 Å². The molecule has 2 amide bonds. The Kier molecular flexibility index (Phi) is 6.89. The molecule has 4 aliphatic rings. The summed E-state index contributed by atoms with van der Waals surface area (Å²) in [7, 11) is 0. The monoisotopic (exact) mass is 484 g/mol. The molecule has 0 radical (unpaired) electrons. The molecule has 1 aromatic rings. The molecule has 3 fully saturated rings. The third kappa shape index (κ3) is 4.98. The van der Waals surface area contributed by atoms with Crippen LogP contribution >= 0.6 is 11.8 Å². The van der Waals surface area contributed by atoms with E-state index in [2.05, 4.69) is 10.3 Å². The van der Waals surface area contributed by atoms with Crippen molar-refractivity contribution in [3.05, 3.63) is 29.8 Å². The number of benzene rings is 1. The van der Waals surface area contributed by atoms with Gasteiger partial charge in [-0.2, -0.15) is 4.99 Å². The van der Waals surface area contributed by atoms with Crippen LogP contribution in [0.4, 0.5) is 0 Å². The molecule has 3 unspecified atom stereocenters. The maximum Gasteiger partial charge on any atom is 0.264 e. The summed E-state index contributed by atoms with van der Waals surface area (Å²) in [6.45, 7) is 4.34. The number of piperidine rings is 1. The molecular formula is C26H36N4O3S. The summed E-state index contributed by atoms with van der Waals surface area (Å²) in [5, 5.41) is 4.44. The molecule has 2 heterocycles. The summed E-state index contributed by atoms with van der Waals surface area (Å²) in [6, 6.07) is 7.81. The van der Waals surface area contributed by atoms with E-state index in [1.54, 1.807) is 17.8 Å². The summed E-state index contributed by atoms with van der Waals surface area (Å²) in [5.74, 6) is 2.74. The Morgan fingerprint density at radius 2 is 2.09 bits per heavy atom. The van der Waals surface area contributed by atoms with Gasteiger partial charge in [-0.1, -0.05) is 24.2 Å². The first-order valence-corrected chi connectivity index (χ1v) is 13.6. The van der Waals surface area contributed by atoms with Gasteiger partial charge in [0.1, 0.15) is 17.1 Å². The maximum atomic E-state index is 13.0. The third-order valence-electron chi connectivity index (χ3n) is 8.07. The Hall–Kier alpha value is -2.06. The van der Waals surface area contributed by atoms with Gasteiger partial charge in [-0.3, -0.25) is 9.59 Å². The van der Waals surface area contributed by atoms with Crippen molar-refractivity contribution in [3.63, 3.8) is 0 Å². The summed E-state index contributed by atoms with van der Waals surface area (Å²) in [6.07, 6.45) is 7.88. The number of ether oxygens (including phenoxy) is 1. The van der Waals surface area contributed by atoms with Crippen molar-refractivity contribution in [3.8, 4) is 5.75 Å². The Morgan fingerprint density at radius 3 is 2.79 bits per heavy atom. The van der Waals surface area contributed by atoms with Crippen LogP contribution in [0.5, 0.6) is 5.75 Å². The van der Waals surface area contributed by atoms with Crippen molar-refractivity contribution >= 4 is 28.7 Å². The van der Waals surface area contributed by atoms with E-state index in [-0.39, 0.29) is 11.8 Å². The number of nitrogens with one attached hydrogen (secondary N) is 1. The van der Waals surface area contributed by atoms with Crippen molar-refractivity contribution in [2.75, 3.05) is 26.2 Å². The molecule has 2 aliphatic carbocycles. The van der Waals surface area contributed by atoms with E-state index in [1.807, 2.05) is 30.0 Å². The summed E-state index contributed by atoms with van der Waals surface area (Å²) in [5.41, 5.74) is 6.15. The molecule has 34 heavy (non-hydrogen) atoms. The average Bonchev–Trinajstić information content (AvgIpc) is 3.53. The lowest BCUT2D eigenvalue weighted by Crippen LogP contribution is -2.41. The van der Waals surface area contributed by atoms with Crippen LogP contribution in [0.25, 0.3) is 0 Å². The molecule has 5 rings (SSSR count). The van der Waals surface area contributed by atoms with Gasteiger partial charge in [-0.05, 0) is 81.4 Å². The second-order valence-electron chi connectivity index (χ2n) is 10.6. The fourth-order valence-electron chi connectivity index (χ4n) is 6.23. The molecule has 2 saturated carbocycles. The number of nitrogens with zero attached hydrogens (tertiary/aromatic N) is 2. The zero-order valence-corrected chi connectivity index (χ0v) is 20.8. The highest BCUT2D eigenvalue weighted by Crippen LogP contribution is 2.46. The lowest BCUT2D eigenvalue weighted by molar-refractivity contribution is -0.119. The van der Waals surface area contributed by atoms with Crippen molar-refractivity contribution < 1.29 is 14.3 Å². The van der Waals surface area contributed by atoms with Crippen LogP contribution in [0.15, 0.2) is 29.3 Å². The van der Waals surface area contributed by atoms with Crippen LogP contribution in [-0.2, 0) is 4.79 Å². The van der Waals surface area contributed by atoms with Gasteiger partial charge in [0.25, 0.3) is 11.8 Å². The van der Waals surface area contributed by atoms with Gasteiger partial charge in [0.05, 0.1) is 0 Å². The quantitative estimate of drug-likeness (QED) is 0.615. The molecule has 2 bridgehead atoms. The van der Waals surface area contributed by atoms with E-state index in [0.29, 0.717) is 49.5 Å². The van der Waals surface area contributed by atoms with Gasteiger partial charge < -0.3 is 20.7 Å².